The molecular formula is C10H18O4. The van der Waals surface area contributed by atoms with Crippen molar-refractivity contribution in [3.63, 3.8) is 0 Å². The van der Waals surface area contributed by atoms with Gasteiger partial charge in [0.25, 0.3) is 0 Å². The topological polar surface area (TPSA) is 52.6 Å². The number of esters is 2. The number of rotatable bonds is 5. The smallest absolute Gasteiger partial charge is 0.312 e. The Morgan fingerprint density at radius 2 is 1.79 bits per heavy atom. The van der Waals surface area contributed by atoms with Gasteiger partial charge in [0.15, 0.2) is 0 Å². The van der Waals surface area contributed by atoms with Gasteiger partial charge in [-0.2, -0.15) is 0 Å². The Balaban J connectivity index is 4.14. The highest BCUT2D eigenvalue weighted by atomic mass is 16.5. The molecule has 14 heavy (non-hydrogen) atoms. The van der Waals surface area contributed by atoms with Crippen LogP contribution in [0, 0.1) is 11.8 Å². The summed E-state index contributed by atoms with van der Waals surface area (Å²) >= 11 is 0. The van der Waals surface area contributed by atoms with E-state index in [1.54, 1.807) is 6.92 Å². The first-order chi connectivity index (χ1) is 6.49. The second-order valence-corrected chi connectivity index (χ2v) is 3.41. The third-order valence-corrected chi connectivity index (χ3v) is 1.86. The molecule has 0 aromatic heterocycles. The van der Waals surface area contributed by atoms with Gasteiger partial charge in [0.2, 0.25) is 0 Å². The van der Waals surface area contributed by atoms with Gasteiger partial charge < -0.3 is 9.47 Å². The molecule has 82 valence electrons. The third kappa shape index (κ3) is 4.84. The number of ether oxygens (including phenoxy) is 2. The van der Waals surface area contributed by atoms with Crippen LogP contribution in [0.15, 0.2) is 0 Å². The summed E-state index contributed by atoms with van der Waals surface area (Å²) in [5.74, 6) is -0.934. The summed E-state index contributed by atoms with van der Waals surface area (Å²) in [5, 5.41) is 0. The molecule has 1 unspecified atom stereocenters. The van der Waals surface area contributed by atoms with Gasteiger partial charge in [-0.3, -0.25) is 9.59 Å². The van der Waals surface area contributed by atoms with E-state index in [1.807, 2.05) is 13.8 Å². The summed E-state index contributed by atoms with van der Waals surface area (Å²) in [6, 6.07) is 0. The lowest BCUT2D eigenvalue weighted by Crippen LogP contribution is -2.28. The molecule has 0 aromatic rings. The van der Waals surface area contributed by atoms with Crippen molar-refractivity contribution in [1.29, 1.82) is 0 Å². The molecule has 0 aliphatic heterocycles. The molecule has 4 nitrogen and oxygen atoms in total. The Bertz CT molecular complexity index is 198. The number of hydrogen-bond acceptors (Lipinski definition) is 4. The highest BCUT2D eigenvalue weighted by molar-refractivity contribution is 5.73. The third-order valence-electron chi connectivity index (χ3n) is 1.86. The molecule has 0 heterocycles. The molecule has 0 saturated heterocycles. The van der Waals surface area contributed by atoms with Crippen molar-refractivity contribution in [2.75, 3.05) is 13.2 Å². The van der Waals surface area contributed by atoms with E-state index in [9.17, 15) is 9.59 Å². The van der Waals surface area contributed by atoms with Crippen LogP contribution in [0.5, 0.6) is 0 Å². The maximum atomic E-state index is 11.4. The minimum atomic E-state index is -0.375. The van der Waals surface area contributed by atoms with Crippen LogP contribution in [0.2, 0.25) is 0 Å². The summed E-state index contributed by atoms with van der Waals surface area (Å²) < 4.78 is 9.66. The van der Waals surface area contributed by atoms with Crippen molar-refractivity contribution in [3.8, 4) is 0 Å². The first kappa shape index (κ1) is 12.9. The van der Waals surface area contributed by atoms with Gasteiger partial charge in [0, 0.05) is 6.92 Å². The Morgan fingerprint density at radius 3 is 2.14 bits per heavy atom. The van der Waals surface area contributed by atoms with Gasteiger partial charge in [-0.15, -0.1) is 0 Å². The summed E-state index contributed by atoms with van der Waals surface area (Å²) in [6.45, 7) is 7.31. The van der Waals surface area contributed by atoms with Crippen LogP contribution in [0.1, 0.15) is 27.7 Å². The molecule has 0 saturated carbocycles. The van der Waals surface area contributed by atoms with Crippen molar-refractivity contribution in [2.24, 2.45) is 11.8 Å². The van der Waals surface area contributed by atoms with Crippen molar-refractivity contribution >= 4 is 11.9 Å². The maximum absolute atomic E-state index is 11.4. The van der Waals surface area contributed by atoms with E-state index in [0.717, 1.165) is 0 Å². The normalized spacial score (nSPS) is 12.4. The number of carbonyl (C=O) groups excluding carboxylic acids is 2. The number of carbonyl (C=O) groups is 2. The van der Waals surface area contributed by atoms with Crippen LogP contribution in [0.4, 0.5) is 0 Å². The highest BCUT2D eigenvalue weighted by Gasteiger charge is 2.24. The Morgan fingerprint density at radius 1 is 1.21 bits per heavy atom. The molecule has 0 radical (unpaired) electrons. The van der Waals surface area contributed by atoms with E-state index in [-0.39, 0.29) is 30.4 Å². The van der Waals surface area contributed by atoms with Crippen LogP contribution < -0.4 is 0 Å². The van der Waals surface area contributed by atoms with E-state index < -0.39 is 0 Å². The zero-order valence-corrected chi connectivity index (χ0v) is 9.20. The van der Waals surface area contributed by atoms with Gasteiger partial charge in [0.1, 0.15) is 6.61 Å². The van der Waals surface area contributed by atoms with Gasteiger partial charge in [-0.05, 0) is 12.8 Å². The Hall–Kier alpha value is -1.06. The fraction of sp³-hybridized carbons (Fsp3) is 0.800. The monoisotopic (exact) mass is 202 g/mol. The first-order valence-electron chi connectivity index (χ1n) is 4.79. The average Bonchev–Trinajstić information content (AvgIpc) is 2.03. The van der Waals surface area contributed by atoms with Gasteiger partial charge in [0.05, 0.1) is 12.5 Å². The van der Waals surface area contributed by atoms with Crippen molar-refractivity contribution < 1.29 is 19.1 Å². The molecule has 0 fully saturated rings. The van der Waals surface area contributed by atoms with E-state index in [2.05, 4.69) is 0 Å². The summed E-state index contributed by atoms with van der Waals surface area (Å²) in [5.41, 5.74) is 0. The Labute approximate surface area is 84.6 Å². The van der Waals surface area contributed by atoms with E-state index in [0.29, 0.717) is 6.61 Å². The summed E-state index contributed by atoms with van der Waals surface area (Å²) in [7, 11) is 0. The molecule has 0 bridgehead atoms. The fourth-order valence-corrected chi connectivity index (χ4v) is 0.989. The van der Waals surface area contributed by atoms with Crippen molar-refractivity contribution in [2.45, 2.75) is 27.7 Å². The van der Waals surface area contributed by atoms with E-state index in [1.165, 1.54) is 6.92 Å². The van der Waals surface area contributed by atoms with E-state index >= 15 is 0 Å². The maximum Gasteiger partial charge on any atom is 0.312 e. The molecular weight excluding hydrogens is 184 g/mol. The molecule has 0 aliphatic rings. The molecule has 0 rings (SSSR count). The molecule has 0 N–H and O–H groups in total. The van der Waals surface area contributed by atoms with Gasteiger partial charge >= 0.3 is 11.9 Å². The van der Waals surface area contributed by atoms with Crippen molar-refractivity contribution in [1.82, 2.24) is 0 Å². The largest absolute Gasteiger partial charge is 0.466 e. The van der Waals surface area contributed by atoms with Crippen LogP contribution in [0.3, 0.4) is 0 Å². The minimum Gasteiger partial charge on any atom is -0.466 e. The standard InChI is InChI=1S/C10H18O4/c1-5-13-10(12)9(7(2)3)6-14-8(4)11/h7,9H,5-6H2,1-4H3. The van der Waals surface area contributed by atoms with E-state index in [4.69, 9.17) is 9.47 Å². The van der Waals surface area contributed by atoms with Crippen LogP contribution in [-0.4, -0.2) is 25.2 Å². The quantitative estimate of drug-likeness (QED) is 0.632. The zero-order valence-electron chi connectivity index (χ0n) is 9.20. The summed E-state index contributed by atoms with van der Waals surface area (Å²) in [4.78, 5) is 22.0. The van der Waals surface area contributed by atoms with Crippen LogP contribution in [0.25, 0.3) is 0 Å². The molecule has 4 heteroatoms. The highest BCUT2D eigenvalue weighted by Crippen LogP contribution is 2.13. The van der Waals surface area contributed by atoms with Gasteiger partial charge in [-0.1, -0.05) is 13.8 Å². The van der Waals surface area contributed by atoms with Crippen molar-refractivity contribution in [3.05, 3.63) is 0 Å². The molecule has 0 amide bonds. The lowest BCUT2D eigenvalue weighted by Gasteiger charge is -2.18. The zero-order chi connectivity index (χ0) is 11.1. The minimum absolute atomic E-state index is 0.103. The van der Waals surface area contributed by atoms with Crippen LogP contribution >= 0.6 is 0 Å². The fourth-order valence-electron chi connectivity index (χ4n) is 0.989. The molecule has 0 aliphatic carbocycles. The number of hydrogen-bond donors (Lipinski definition) is 0. The molecule has 0 spiro atoms. The second-order valence-electron chi connectivity index (χ2n) is 3.41. The second kappa shape index (κ2) is 6.40. The predicted octanol–water partition coefficient (Wildman–Crippen LogP) is 1.38. The first-order valence-corrected chi connectivity index (χ1v) is 4.79. The Kier molecular flexibility index (Phi) is 5.92. The van der Waals surface area contributed by atoms with Crippen LogP contribution in [-0.2, 0) is 19.1 Å². The lowest BCUT2D eigenvalue weighted by molar-refractivity contribution is -0.155. The summed E-state index contributed by atoms with van der Waals surface area (Å²) in [6.07, 6.45) is 0. The average molecular weight is 202 g/mol. The predicted molar refractivity (Wildman–Crippen MR) is 51.6 cm³/mol. The van der Waals surface area contributed by atoms with Gasteiger partial charge in [-0.25, -0.2) is 0 Å². The SMILES string of the molecule is CCOC(=O)C(COC(C)=O)C(C)C. The molecule has 1 atom stereocenters. The molecule has 0 aromatic carbocycles. The lowest BCUT2D eigenvalue weighted by atomic mass is 9.97.